The van der Waals surface area contributed by atoms with Gasteiger partial charge in [0.05, 0.1) is 11.7 Å². The average molecular weight is 206 g/mol. The van der Waals surface area contributed by atoms with Crippen LogP contribution in [0.2, 0.25) is 0 Å². The first-order chi connectivity index (χ1) is 7.16. The summed E-state index contributed by atoms with van der Waals surface area (Å²) in [5.41, 5.74) is 0.541. The lowest BCUT2D eigenvalue weighted by Crippen LogP contribution is -2.12. The molecule has 4 heteroatoms. The molecule has 78 valence electrons. The van der Waals surface area contributed by atoms with Crippen LogP contribution in [0, 0.1) is 5.82 Å². The van der Waals surface area contributed by atoms with Crippen LogP contribution in [-0.4, -0.2) is 15.8 Å². The van der Waals surface area contributed by atoms with Gasteiger partial charge in [0, 0.05) is 11.5 Å². The SMILES string of the molecule is CC1(Oc2cc3cn[nH]c3cc2F)CC1. The maximum Gasteiger partial charge on any atom is 0.167 e. The van der Waals surface area contributed by atoms with Gasteiger partial charge >= 0.3 is 0 Å². The minimum atomic E-state index is -0.333. The van der Waals surface area contributed by atoms with Crippen molar-refractivity contribution in [3.8, 4) is 5.75 Å². The van der Waals surface area contributed by atoms with E-state index in [1.165, 1.54) is 6.07 Å². The number of hydrogen-bond donors (Lipinski definition) is 1. The number of H-pyrrole nitrogens is 1. The highest BCUT2D eigenvalue weighted by molar-refractivity contribution is 5.79. The normalized spacial score (nSPS) is 18.0. The molecule has 0 radical (unpaired) electrons. The minimum Gasteiger partial charge on any atom is -0.484 e. The zero-order valence-corrected chi connectivity index (χ0v) is 8.38. The third-order valence-electron chi connectivity index (χ3n) is 2.80. The summed E-state index contributed by atoms with van der Waals surface area (Å²) in [6.45, 7) is 1.99. The van der Waals surface area contributed by atoms with E-state index in [0.29, 0.717) is 11.3 Å². The summed E-state index contributed by atoms with van der Waals surface area (Å²) in [4.78, 5) is 0. The minimum absolute atomic E-state index is 0.155. The molecular formula is C11H11FN2O. The molecule has 0 amide bonds. The van der Waals surface area contributed by atoms with E-state index in [4.69, 9.17) is 4.74 Å². The van der Waals surface area contributed by atoms with E-state index in [2.05, 4.69) is 10.2 Å². The molecule has 1 aromatic heterocycles. The second kappa shape index (κ2) is 2.72. The van der Waals surface area contributed by atoms with Crippen molar-refractivity contribution >= 4 is 10.9 Å². The second-order valence-corrected chi connectivity index (χ2v) is 4.29. The highest BCUT2D eigenvalue weighted by atomic mass is 19.1. The van der Waals surface area contributed by atoms with Crippen LogP contribution in [0.25, 0.3) is 10.9 Å². The van der Waals surface area contributed by atoms with Crippen molar-refractivity contribution in [3.05, 3.63) is 24.1 Å². The summed E-state index contributed by atoms with van der Waals surface area (Å²) in [5.74, 6) is -0.0104. The number of nitrogens with one attached hydrogen (secondary N) is 1. The van der Waals surface area contributed by atoms with Crippen molar-refractivity contribution in [1.29, 1.82) is 0 Å². The zero-order valence-electron chi connectivity index (χ0n) is 8.38. The first kappa shape index (κ1) is 8.71. The molecular weight excluding hydrogens is 195 g/mol. The van der Waals surface area contributed by atoms with Crippen LogP contribution >= 0.6 is 0 Å². The molecule has 0 atom stereocenters. The number of nitrogens with zero attached hydrogens (tertiary/aromatic N) is 1. The van der Waals surface area contributed by atoms with E-state index in [1.54, 1.807) is 12.3 Å². The fourth-order valence-corrected chi connectivity index (χ4v) is 1.57. The molecule has 1 aromatic carbocycles. The van der Waals surface area contributed by atoms with Crippen LogP contribution in [0.15, 0.2) is 18.3 Å². The molecule has 3 nitrogen and oxygen atoms in total. The standard InChI is InChI=1S/C11H11FN2O/c1-11(2-3-11)15-10-4-7-6-13-14-9(7)5-8(10)12/h4-6H,2-3H2,1H3,(H,13,14). The maximum absolute atomic E-state index is 13.6. The van der Waals surface area contributed by atoms with E-state index in [0.717, 1.165) is 18.2 Å². The van der Waals surface area contributed by atoms with Gasteiger partial charge in [0.2, 0.25) is 0 Å². The average Bonchev–Trinajstić information content (AvgIpc) is 2.74. The van der Waals surface area contributed by atoms with Gasteiger partial charge in [-0.2, -0.15) is 5.10 Å². The Balaban J connectivity index is 2.05. The first-order valence-corrected chi connectivity index (χ1v) is 4.98. The Kier molecular flexibility index (Phi) is 1.58. The molecule has 1 aliphatic carbocycles. The number of hydrogen-bond acceptors (Lipinski definition) is 2. The monoisotopic (exact) mass is 206 g/mol. The molecule has 1 N–H and O–H groups in total. The molecule has 1 heterocycles. The lowest BCUT2D eigenvalue weighted by molar-refractivity contribution is 0.191. The van der Waals surface area contributed by atoms with Gasteiger partial charge in [-0.25, -0.2) is 4.39 Å². The predicted octanol–water partition coefficient (Wildman–Crippen LogP) is 2.63. The fraction of sp³-hybridized carbons (Fsp3) is 0.364. The van der Waals surface area contributed by atoms with Crippen molar-refractivity contribution in [3.63, 3.8) is 0 Å². The number of aromatic amines is 1. The summed E-state index contributed by atoms with van der Waals surface area (Å²) < 4.78 is 19.2. The van der Waals surface area contributed by atoms with Gasteiger partial charge in [0.1, 0.15) is 5.60 Å². The van der Waals surface area contributed by atoms with Crippen LogP contribution in [0.5, 0.6) is 5.75 Å². The molecule has 0 aliphatic heterocycles. The lowest BCUT2D eigenvalue weighted by atomic mass is 10.2. The van der Waals surface area contributed by atoms with Crippen molar-refractivity contribution < 1.29 is 9.13 Å². The number of aromatic nitrogens is 2. The Labute approximate surface area is 86.2 Å². The van der Waals surface area contributed by atoms with Crippen LogP contribution in [-0.2, 0) is 0 Å². The Morgan fingerprint density at radius 1 is 1.47 bits per heavy atom. The topological polar surface area (TPSA) is 37.9 Å². The molecule has 2 aromatic rings. The molecule has 1 saturated carbocycles. The molecule has 1 aliphatic rings. The zero-order chi connectivity index (χ0) is 10.5. The third-order valence-corrected chi connectivity index (χ3v) is 2.80. The van der Waals surface area contributed by atoms with Crippen LogP contribution in [0.4, 0.5) is 4.39 Å². The first-order valence-electron chi connectivity index (χ1n) is 4.98. The molecule has 1 fully saturated rings. The van der Waals surface area contributed by atoms with Crippen molar-refractivity contribution in [2.24, 2.45) is 0 Å². The lowest BCUT2D eigenvalue weighted by Gasteiger charge is -2.13. The van der Waals surface area contributed by atoms with E-state index >= 15 is 0 Å². The quantitative estimate of drug-likeness (QED) is 0.820. The smallest absolute Gasteiger partial charge is 0.167 e. The molecule has 15 heavy (non-hydrogen) atoms. The third kappa shape index (κ3) is 1.46. The molecule has 0 bridgehead atoms. The predicted molar refractivity (Wildman–Crippen MR) is 54.3 cm³/mol. The van der Waals surface area contributed by atoms with E-state index < -0.39 is 0 Å². The van der Waals surface area contributed by atoms with Crippen LogP contribution < -0.4 is 4.74 Å². The Bertz CT molecular complexity index is 516. The fourth-order valence-electron chi connectivity index (χ4n) is 1.57. The second-order valence-electron chi connectivity index (χ2n) is 4.29. The highest BCUT2D eigenvalue weighted by Crippen LogP contribution is 2.40. The van der Waals surface area contributed by atoms with Crippen LogP contribution in [0.1, 0.15) is 19.8 Å². The number of rotatable bonds is 2. The summed E-state index contributed by atoms with van der Waals surface area (Å²) in [6.07, 6.45) is 3.66. The molecule has 0 saturated heterocycles. The molecule has 0 spiro atoms. The largest absolute Gasteiger partial charge is 0.484 e. The Morgan fingerprint density at radius 2 is 2.27 bits per heavy atom. The van der Waals surface area contributed by atoms with Crippen LogP contribution in [0.3, 0.4) is 0 Å². The van der Waals surface area contributed by atoms with Gasteiger partial charge in [-0.05, 0) is 25.8 Å². The summed E-state index contributed by atoms with van der Waals surface area (Å²) in [7, 11) is 0. The van der Waals surface area contributed by atoms with Crippen molar-refractivity contribution in [2.45, 2.75) is 25.4 Å². The number of benzene rings is 1. The Morgan fingerprint density at radius 3 is 3.00 bits per heavy atom. The highest BCUT2D eigenvalue weighted by Gasteiger charge is 2.40. The summed E-state index contributed by atoms with van der Waals surface area (Å²) >= 11 is 0. The van der Waals surface area contributed by atoms with Gasteiger partial charge in [-0.1, -0.05) is 0 Å². The maximum atomic E-state index is 13.6. The van der Waals surface area contributed by atoms with Gasteiger partial charge in [-0.15, -0.1) is 0 Å². The number of ether oxygens (including phenoxy) is 1. The summed E-state index contributed by atoms with van der Waals surface area (Å²) in [6, 6.07) is 3.11. The van der Waals surface area contributed by atoms with Gasteiger partial charge in [0.15, 0.2) is 11.6 Å². The number of halogens is 1. The number of fused-ring (bicyclic) bond motifs is 1. The van der Waals surface area contributed by atoms with E-state index in [1.807, 2.05) is 6.92 Å². The van der Waals surface area contributed by atoms with Gasteiger partial charge in [0.25, 0.3) is 0 Å². The van der Waals surface area contributed by atoms with Crippen molar-refractivity contribution in [1.82, 2.24) is 10.2 Å². The summed E-state index contributed by atoms with van der Waals surface area (Å²) in [5, 5.41) is 7.44. The van der Waals surface area contributed by atoms with E-state index in [-0.39, 0.29) is 11.4 Å². The van der Waals surface area contributed by atoms with Gasteiger partial charge in [-0.3, -0.25) is 5.10 Å². The molecule has 3 rings (SSSR count). The Hall–Kier alpha value is -1.58. The molecule has 0 unspecified atom stereocenters. The van der Waals surface area contributed by atoms with E-state index in [9.17, 15) is 4.39 Å². The van der Waals surface area contributed by atoms with Crippen molar-refractivity contribution in [2.75, 3.05) is 0 Å². The van der Waals surface area contributed by atoms with Gasteiger partial charge < -0.3 is 4.74 Å².